The summed E-state index contributed by atoms with van der Waals surface area (Å²) < 4.78 is 17.9. The Morgan fingerprint density at radius 2 is 2.27 bits per heavy atom. The van der Waals surface area contributed by atoms with Gasteiger partial charge >= 0.3 is 0 Å². The van der Waals surface area contributed by atoms with Crippen molar-refractivity contribution in [3.05, 3.63) is 0 Å². The van der Waals surface area contributed by atoms with Crippen molar-refractivity contribution in [2.24, 2.45) is 5.92 Å². The summed E-state index contributed by atoms with van der Waals surface area (Å²) in [6, 6.07) is 0. The molecule has 0 aromatic heterocycles. The van der Waals surface area contributed by atoms with E-state index in [0.29, 0.717) is 0 Å². The number of ether oxygens (including phenoxy) is 1. The zero-order valence-corrected chi connectivity index (χ0v) is 6.40. The zero-order valence-electron chi connectivity index (χ0n) is 6.40. The van der Waals surface area contributed by atoms with Crippen LogP contribution in [0.15, 0.2) is 0 Å². The Labute approximate surface area is 64.8 Å². The summed E-state index contributed by atoms with van der Waals surface area (Å²) in [4.78, 5) is 0. The average molecular weight is 164 g/mol. The van der Waals surface area contributed by atoms with Crippen LogP contribution in [0.5, 0.6) is 0 Å². The van der Waals surface area contributed by atoms with Crippen molar-refractivity contribution in [2.45, 2.75) is 25.3 Å². The Morgan fingerprint density at radius 1 is 1.64 bits per heavy atom. The maximum absolute atomic E-state index is 13.0. The number of aliphatic hydroxyl groups excluding tert-OH is 2. The molecular weight excluding hydrogens is 151 g/mol. The number of rotatable bonds is 1. The van der Waals surface area contributed by atoms with Crippen molar-refractivity contribution >= 4 is 0 Å². The maximum Gasteiger partial charge on any atom is 0.133 e. The molecule has 0 spiro atoms. The molecule has 0 saturated carbocycles. The zero-order chi connectivity index (χ0) is 8.43. The third kappa shape index (κ3) is 1.69. The van der Waals surface area contributed by atoms with Gasteiger partial charge in [-0.1, -0.05) is 6.92 Å². The largest absolute Gasteiger partial charge is 0.394 e. The Kier molecular flexibility index (Phi) is 2.81. The van der Waals surface area contributed by atoms with E-state index in [-0.39, 0.29) is 19.1 Å². The van der Waals surface area contributed by atoms with Gasteiger partial charge in [-0.3, -0.25) is 0 Å². The van der Waals surface area contributed by atoms with Gasteiger partial charge in [0.15, 0.2) is 0 Å². The second kappa shape index (κ2) is 3.47. The molecule has 0 aliphatic carbocycles. The van der Waals surface area contributed by atoms with Gasteiger partial charge in [0.1, 0.15) is 18.4 Å². The van der Waals surface area contributed by atoms with Crippen LogP contribution in [0.25, 0.3) is 0 Å². The molecule has 1 rings (SSSR count). The predicted molar refractivity (Wildman–Crippen MR) is 36.9 cm³/mol. The Hall–Kier alpha value is -0.190. The van der Waals surface area contributed by atoms with Crippen molar-refractivity contribution in [3.8, 4) is 0 Å². The molecule has 11 heavy (non-hydrogen) atoms. The van der Waals surface area contributed by atoms with Crippen molar-refractivity contribution in [3.63, 3.8) is 0 Å². The van der Waals surface area contributed by atoms with Crippen LogP contribution in [0.4, 0.5) is 4.39 Å². The fraction of sp³-hybridized carbons (Fsp3) is 1.00. The van der Waals surface area contributed by atoms with E-state index < -0.39 is 18.4 Å². The molecule has 1 heterocycles. The number of alkyl halides is 1. The van der Waals surface area contributed by atoms with E-state index in [1.165, 1.54) is 0 Å². The van der Waals surface area contributed by atoms with Gasteiger partial charge in [-0.15, -0.1) is 0 Å². The highest BCUT2D eigenvalue weighted by atomic mass is 19.1. The molecule has 0 bridgehead atoms. The minimum atomic E-state index is -1.28. The van der Waals surface area contributed by atoms with Crippen molar-refractivity contribution in [2.75, 3.05) is 13.2 Å². The highest BCUT2D eigenvalue weighted by molar-refractivity contribution is 4.84. The normalized spacial score (nSPS) is 45.8. The Balaban J connectivity index is 2.52. The molecule has 0 radical (unpaired) electrons. The predicted octanol–water partition coefficient (Wildman–Crippen LogP) is -0.287. The third-order valence-electron chi connectivity index (χ3n) is 2.00. The molecule has 0 aromatic carbocycles. The standard InChI is InChI=1S/C7H13FO3/c1-4-3-11-5(2-9)7(10)6(4)8/h4-7,9-10H,2-3H2,1H3/t4-,5?,6+,7-/m1/s1. The molecule has 3 nitrogen and oxygen atoms in total. The summed E-state index contributed by atoms with van der Waals surface area (Å²) >= 11 is 0. The fourth-order valence-corrected chi connectivity index (χ4v) is 1.17. The van der Waals surface area contributed by atoms with Crippen LogP contribution in [-0.4, -0.2) is 41.8 Å². The highest BCUT2D eigenvalue weighted by Crippen LogP contribution is 2.22. The minimum Gasteiger partial charge on any atom is -0.394 e. The van der Waals surface area contributed by atoms with Crippen LogP contribution in [0.3, 0.4) is 0 Å². The fourth-order valence-electron chi connectivity index (χ4n) is 1.17. The minimum absolute atomic E-state index is 0.267. The first-order chi connectivity index (χ1) is 5.16. The van der Waals surface area contributed by atoms with E-state index in [4.69, 9.17) is 14.9 Å². The smallest absolute Gasteiger partial charge is 0.133 e. The maximum atomic E-state index is 13.0. The molecule has 66 valence electrons. The van der Waals surface area contributed by atoms with E-state index in [1.807, 2.05) is 0 Å². The van der Waals surface area contributed by atoms with E-state index in [0.717, 1.165) is 0 Å². The van der Waals surface area contributed by atoms with Crippen molar-refractivity contribution in [1.82, 2.24) is 0 Å². The molecule has 1 aliphatic rings. The van der Waals surface area contributed by atoms with E-state index in [9.17, 15) is 4.39 Å². The second-order valence-electron chi connectivity index (χ2n) is 2.97. The lowest BCUT2D eigenvalue weighted by atomic mass is 9.95. The molecule has 4 atom stereocenters. The summed E-state index contributed by atoms with van der Waals surface area (Å²) in [5.41, 5.74) is 0. The van der Waals surface area contributed by atoms with Gasteiger partial charge < -0.3 is 14.9 Å². The summed E-state index contributed by atoms with van der Waals surface area (Å²) in [7, 11) is 0. The lowest BCUT2D eigenvalue weighted by molar-refractivity contribution is -0.149. The lowest BCUT2D eigenvalue weighted by Crippen LogP contribution is -2.48. The van der Waals surface area contributed by atoms with E-state index in [1.54, 1.807) is 6.92 Å². The van der Waals surface area contributed by atoms with Crippen LogP contribution in [-0.2, 0) is 4.74 Å². The van der Waals surface area contributed by atoms with Gasteiger partial charge in [0.05, 0.1) is 13.2 Å². The number of halogens is 1. The molecule has 2 N–H and O–H groups in total. The molecule has 1 unspecified atom stereocenters. The van der Waals surface area contributed by atoms with Gasteiger partial charge in [0.25, 0.3) is 0 Å². The van der Waals surface area contributed by atoms with Crippen LogP contribution in [0.2, 0.25) is 0 Å². The van der Waals surface area contributed by atoms with Crippen molar-refractivity contribution in [1.29, 1.82) is 0 Å². The monoisotopic (exact) mass is 164 g/mol. The molecular formula is C7H13FO3. The Bertz CT molecular complexity index is 129. The molecule has 0 aromatic rings. The SMILES string of the molecule is C[C@@H]1COC(CO)[C@@H](O)[C@H]1F. The molecule has 4 heteroatoms. The molecule has 1 saturated heterocycles. The van der Waals surface area contributed by atoms with Gasteiger partial charge in [-0.05, 0) is 0 Å². The first kappa shape index (κ1) is 8.90. The number of hydrogen-bond acceptors (Lipinski definition) is 3. The third-order valence-corrected chi connectivity index (χ3v) is 2.00. The summed E-state index contributed by atoms with van der Waals surface area (Å²) in [6.07, 6.45) is -3.20. The van der Waals surface area contributed by atoms with E-state index in [2.05, 4.69) is 0 Å². The van der Waals surface area contributed by atoms with Crippen LogP contribution < -0.4 is 0 Å². The number of hydrogen-bond donors (Lipinski definition) is 2. The molecule has 0 amide bonds. The highest BCUT2D eigenvalue weighted by Gasteiger charge is 2.36. The topological polar surface area (TPSA) is 49.7 Å². The van der Waals surface area contributed by atoms with Gasteiger partial charge in [0.2, 0.25) is 0 Å². The molecule has 1 fully saturated rings. The second-order valence-corrected chi connectivity index (χ2v) is 2.97. The van der Waals surface area contributed by atoms with Crippen LogP contribution in [0.1, 0.15) is 6.92 Å². The summed E-state index contributed by atoms with van der Waals surface area (Å²) in [5.74, 6) is -0.284. The molecule has 1 aliphatic heterocycles. The van der Waals surface area contributed by atoms with Gasteiger partial charge in [0, 0.05) is 5.92 Å². The summed E-state index contributed by atoms with van der Waals surface area (Å²) in [6.45, 7) is 1.61. The average Bonchev–Trinajstić information content (AvgIpc) is 2.01. The number of aliphatic hydroxyl groups is 2. The Morgan fingerprint density at radius 3 is 2.82 bits per heavy atom. The van der Waals surface area contributed by atoms with E-state index >= 15 is 0 Å². The summed E-state index contributed by atoms with van der Waals surface area (Å²) in [5, 5.41) is 17.8. The van der Waals surface area contributed by atoms with Crippen LogP contribution in [0, 0.1) is 5.92 Å². The quantitative estimate of drug-likeness (QED) is 0.560. The van der Waals surface area contributed by atoms with Crippen LogP contribution >= 0.6 is 0 Å². The van der Waals surface area contributed by atoms with Gasteiger partial charge in [-0.2, -0.15) is 0 Å². The van der Waals surface area contributed by atoms with Gasteiger partial charge in [-0.25, -0.2) is 4.39 Å². The first-order valence-corrected chi connectivity index (χ1v) is 3.71. The van der Waals surface area contributed by atoms with Crippen molar-refractivity contribution < 1.29 is 19.3 Å². The lowest BCUT2D eigenvalue weighted by Gasteiger charge is -2.33. The first-order valence-electron chi connectivity index (χ1n) is 3.71.